The van der Waals surface area contributed by atoms with Crippen molar-refractivity contribution >= 4 is 28.4 Å². The summed E-state index contributed by atoms with van der Waals surface area (Å²) in [6.07, 6.45) is 0. The molecule has 0 atom stereocenters. The molecule has 0 N–H and O–H groups in total. The van der Waals surface area contributed by atoms with Crippen LogP contribution in [0.15, 0.2) is 63.5 Å². The fourth-order valence-corrected chi connectivity index (χ4v) is 2.86. The lowest BCUT2D eigenvalue weighted by Crippen LogP contribution is -2.02. The Morgan fingerprint density at radius 3 is 2.67 bits per heavy atom. The number of hydrogen-bond acceptors (Lipinski definition) is 4. The number of benzene rings is 2. The maximum atomic E-state index is 13.0. The molecule has 0 fully saturated rings. The van der Waals surface area contributed by atoms with Gasteiger partial charge in [-0.1, -0.05) is 47.1 Å². The Morgan fingerprint density at radius 1 is 1.08 bits per heavy atom. The molecule has 0 saturated carbocycles. The summed E-state index contributed by atoms with van der Waals surface area (Å²) in [4.78, 5) is 13.0. The zero-order valence-electron chi connectivity index (χ0n) is 12.7. The van der Waals surface area contributed by atoms with Crippen molar-refractivity contribution in [3.63, 3.8) is 0 Å². The molecule has 2 aromatic heterocycles. The number of halogens is 1. The molecule has 118 valence electrons. The summed E-state index contributed by atoms with van der Waals surface area (Å²) in [5.74, 6) is 0.424. The highest BCUT2D eigenvalue weighted by atomic mass is 35.5. The van der Waals surface area contributed by atoms with Gasteiger partial charge in [-0.25, -0.2) is 0 Å². The lowest BCUT2D eigenvalue weighted by Gasteiger charge is -2.00. The number of aromatic nitrogens is 1. The van der Waals surface area contributed by atoms with E-state index >= 15 is 0 Å². The SMILES string of the molecule is Cc1onc(-c2ccccc2)c1C(=O)c1cc2cc(Cl)ccc2o1. The molecule has 4 rings (SSSR count). The van der Waals surface area contributed by atoms with Gasteiger partial charge >= 0.3 is 0 Å². The molecule has 5 heteroatoms. The molecule has 0 bridgehead atoms. The van der Waals surface area contributed by atoms with E-state index in [0.29, 0.717) is 27.6 Å². The molecule has 0 unspecified atom stereocenters. The van der Waals surface area contributed by atoms with Gasteiger partial charge in [-0.05, 0) is 31.2 Å². The first-order valence-corrected chi connectivity index (χ1v) is 7.77. The van der Waals surface area contributed by atoms with Crippen molar-refractivity contribution in [2.75, 3.05) is 0 Å². The molecule has 0 radical (unpaired) electrons. The van der Waals surface area contributed by atoms with Gasteiger partial charge in [0.05, 0.1) is 5.56 Å². The molecule has 0 saturated heterocycles. The van der Waals surface area contributed by atoms with Crippen LogP contribution in [-0.2, 0) is 0 Å². The van der Waals surface area contributed by atoms with Crippen molar-refractivity contribution in [3.8, 4) is 11.3 Å². The summed E-state index contributed by atoms with van der Waals surface area (Å²) in [5, 5.41) is 5.41. The Hall–Kier alpha value is -2.85. The van der Waals surface area contributed by atoms with Gasteiger partial charge in [-0.2, -0.15) is 0 Å². The van der Waals surface area contributed by atoms with Crippen LogP contribution >= 0.6 is 11.6 Å². The van der Waals surface area contributed by atoms with Crippen LogP contribution in [-0.4, -0.2) is 10.9 Å². The molecular formula is C19H12ClNO3. The maximum Gasteiger partial charge on any atom is 0.234 e. The van der Waals surface area contributed by atoms with Crippen LogP contribution in [0.2, 0.25) is 5.02 Å². The molecular weight excluding hydrogens is 326 g/mol. The van der Waals surface area contributed by atoms with E-state index in [2.05, 4.69) is 5.16 Å². The van der Waals surface area contributed by atoms with Gasteiger partial charge in [0.25, 0.3) is 0 Å². The molecule has 2 aromatic carbocycles. The van der Waals surface area contributed by atoms with Crippen LogP contribution in [0.3, 0.4) is 0 Å². The molecule has 0 aliphatic heterocycles. The number of nitrogens with zero attached hydrogens (tertiary/aromatic N) is 1. The number of rotatable bonds is 3. The fraction of sp³-hybridized carbons (Fsp3) is 0.0526. The first-order chi connectivity index (χ1) is 11.6. The van der Waals surface area contributed by atoms with Crippen molar-refractivity contribution in [1.82, 2.24) is 5.16 Å². The molecule has 4 aromatic rings. The Balaban J connectivity index is 1.83. The zero-order valence-corrected chi connectivity index (χ0v) is 13.5. The van der Waals surface area contributed by atoms with Gasteiger partial charge in [0, 0.05) is 16.0 Å². The highest BCUT2D eigenvalue weighted by Crippen LogP contribution is 2.30. The molecule has 0 spiro atoms. The normalized spacial score (nSPS) is 11.1. The predicted octanol–water partition coefficient (Wildman–Crippen LogP) is 5.28. The van der Waals surface area contributed by atoms with E-state index in [4.69, 9.17) is 20.5 Å². The average molecular weight is 338 g/mol. The van der Waals surface area contributed by atoms with E-state index in [1.807, 2.05) is 30.3 Å². The second-order valence-electron chi connectivity index (χ2n) is 5.45. The van der Waals surface area contributed by atoms with Gasteiger partial charge < -0.3 is 8.94 Å². The fourth-order valence-electron chi connectivity index (χ4n) is 2.68. The minimum absolute atomic E-state index is 0.232. The van der Waals surface area contributed by atoms with E-state index in [9.17, 15) is 4.79 Å². The summed E-state index contributed by atoms with van der Waals surface area (Å²) in [5.41, 5.74) is 2.35. The quantitative estimate of drug-likeness (QED) is 0.477. The smallest absolute Gasteiger partial charge is 0.234 e. The molecule has 0 amide bonds. The number of ketones is 1. The van der Waals surface area contributed by atoms with E-state index in [1.165, 1.54) is 0 Å². The Bertz CT molecular complexity index is 1050. The van der Waals surface area contributed by atoms with Crippen molar-refractivity contribution in [2.24, 2.45) is 0 Å². The summed E-state index contributed by atoms with van der Waals surface area (Å²) in [6, 6.07) is 16.3. The van der Waals surface area contributed by atoms with Crippen molar-refractivity contribution < 1.29 is 13.7 Å². The van der Waals surface area contributed by atoms with Gasteiger partial charge in [0.15, 0.2) is 5.76 Å². The third kappa shape index (κ3) is 2.41. The molecule has 2 heterocycles. The van der Waals surface area contributed by atoms with Crippen molar-refractivity contribution in [2.45, 2.75) is 6.92 Å². The van der Waals surface area contributed by atoms with Crippen molar-refractivity contribution in [1.29, 1.82) is 0 Å². The number of furan rings is 1. The number of hydrogen-bond donors (Lipinski definition) is 0. The first kappa shape index (κ1) is 14.7. The van der Waals surface area contributed by atoms with E-state index in [1.54, 1.807) is 31.2 Å². The van der Waals surface area contributed by atoms with Crippen molar-refractivity contribution in [3.05, 3.63) is 76.7 Å². The van der Waals surface area contributed by atoms with E-state index in [-0.39, 0.29) is 11.5 Å². The van der Waals surface area contributed by atoms with Crippen LogP contribution in [0.1, 0.15) is 21.9 Å². The van der Waals surface area contributed by atoms with Crippen LogP contribution in [0.25, 0.3) is 22.2 Å². The topological polar surface area (TPSA) is 56.2 Å². The maximum absolute atomic E-state index is 13.0. The number of carbonyl (C=O) groups excluding carboxylic acids is 1. The monoisotopic (exact) mass is 337 g/mol. The summed E-state index contributed by atoms with van der Waals surface area (Å²) < 4.78 is 10.9. The number of carbonyl (C=O) groups is 1. The zero-order chi connectivity index (χ0) is 16.7. The highest BCUT2D eigenvalue weighted by molar-refractivity contribution is 6.31. The largest absolute Gasteiger partial charge is 0.453 e. The predicted molar refractivity (Wildman–Crippen MR) is 91.3 cm³/mol. The molecule has 0 aliphatic carbocycles. The second-order valence-corrected chi connectivity index (χ2v) is 5.89. The van der Waals surface area contributed by atoms with Crippen LogP contribution in [0.4, 0.5) is 0 Å². The van der Waals surface area contributed by atoms with Gasteiger partial charge in [0.1, 0.15) is 17.0 Å². The third-order valence-corrected chi connectivity index (χ3v) is 4.07. The summed E-state index contributed by atoms with van der Waals surface area (Å²) in [7, 11) is 0. The minimum atomic E-state index is -0.264. The van der Waals surface area contributed by atoms with E-state index < -0.39 is 0 Å². The first-order valence-electron chi connectivity index (χ1n) is 7.39. The van der Waals surface area contributed by atoms with Crippen LogP contribution < -0.4 is 0 Å². The summed E-state index contributed by atoms with van der Waals surface area (Å²) >= 11 is 5.99. The van der Waals surface area contributed by atoms with Crippen LogP contribution in [0.5, 0.6) is 0 Å². The number of fused-ring (bicyclic) bond motifs is 1. The Kier molecular flexibility index (Phi) is 3.47. The Labute approximate surface area is 142 Å². The van der Waals surface area contributed by atoms with Gasteiger partial charge in [-0.3, -0.25) is 4.79 Å². The second kappa shape index (κ2) is 5.65. The molecule has 4 nitrogen and oxygen atoms in total. The number of aryl methyl sites for hydroxylation is 1. The lowest BCUT2D eigenvalue weighted by atomic mass is 10.0. The molecule has 24 heavy (non-hydrogen) atoms. The lowest BCUT2D eigenvalue weighted by molar-refractivity contribution is 0.101. The standard InChI is InChI=1S/C19H12ClNO3/c1-11-17(18(21-24-11)12-5-3-2-4-6-12)19(22)16-10-13-9-14(20)7-8-15(13)23-16/h2-10H,1H3. The summed E-state index contributed by atoms with van der Waals surface area (Å²) in [6.45, 7) is 1.71. The Morgan fingerprint density at radius 2 is 1.88 bits per heavy atom. The van der Waals surface area contributed by atoms with Gasteiger partial charge in [-0.15, -0.1) is 0 Å². The minimum Gasteiger partial charge on any atom is -0.453 e. The third-order valence-electron chi connectivity index (χ3n) is 3.84. The van der Waals surface area contributed by atoms with Crippen LogP contribution in [0, 0.1) is 6.92 Å². The van der Waals surface area contributed by atoms with Gasteiger partial charge in [0.2, 0.25) is 5.78 Å². The highest BCUT2D eigenvalue weighted by Gasteiger charge is 2.25. The van der Waals surface area contributed by atoms with E-state index in [0.717, 1.165) is 10.9 Å². The average Bonchev–Trinajstić information content (AvgIpc) is 3.18. The molecule has 0 aliphatic rings.